The molecule has 0 saturated heterocycles. The molecule has 0 spiro atoms. The fourth-order valence-electron chi connectivity index (χ4n) is 1.85. The number of nitrogens with zero attached hydrogens (tertiary/aromatic N) is 2. The molecule has 0 aliphatic carbocycles. The normalized spacial score (nSPS) is 13.3. The Labute approximate surface area is 133 Å². The van der Waals surface area contributed by atoms with Crippen LogP contribution in [0.3, 0.4) is 0 Å². The van der Waals surface area contributed by atoms with Gasteiger partial charge in [-0.2, -0.15) is 16.9 Å². The van der Waals surface area contributed by atoms with Crippen LogP contribution in [0.2, 0.25) is 5.02 Å². The quantitative estimate of drug-likeness (QED) is 0.873. The molecule has 8 heteroatoms. The fourth-order valence-corrected chi connectivity index (χ4v) is 3.85. The molecule has 0 amide bonds. The summed E-state index contributed by atoms with van der Waals surface area (Å²) in [6.45, 7) is 0.290. The van der Waals surface area contributed by atoms with E-state index in [2.05, 4.69) is 9.82 Å². The number of sulfonamides is 1. The molecule has 1 N–H and O–H groups in total. The third-order valence-corrected chi connectivity index (χ3v) is 5.58. The van der Waals surface area contributed by atoms with Crippen LogP contribution in [-0.2, 0) is 17.1 Å². The Balaban J connectivity index is 2.10. The van der Waals surface area contributed by atoms with Crippen LogP contribution in [0.1, 0.15) is 10.8 Å². The van der Waals surface area contributed by atoms with Crippen molar-refractivity contribution in [1.29, 1.82) is 0 Å². The zero-order valence-electron chi connectivity index (χ0n) is 11.7. The topological polar surface area (TPSA) is 64.0 Å². The van der Waals surface area contributed by atoms with Crippen LogP contribution in [0.5, 0.6) is 0 Å². The molecule has 1 heterocycles. The Hall–Kier alpha value is -1.02. The lowest BCUT2D eigenvalue weighted by Crippen LogP contribution is -2.27. The van der Waals surface area contributed by atoms with E-state index < -0.39 is 10.0 Å². The minimum atomic E-state index is -3.54. The molecule has 0 aliphatic heterocycles. The summed E-state index contributed by atoms with van der Waals surface area (Å²) in [5.74, 6) is 0. The molecule has 2 aromatic rings. The summed E-state index contributed by atoms with van der Waals surface area (Å²) in [4.78, 5) is 0.163. The number of aryl methyl sites for hydroxylation is 1. The first-order valence-electron chi connectivity index (χ1n) is 6.19. The van der Waals surface area contributed by atoms with Crippen molar-refractivity contribution in [2.24, 2.45) is 7.05 Å². The average molecular weight is 346 g/mol. The first-order chi connectivity index (χ1) is 9.92. The maximum Gasteiger partial charge on any atom is 0.243 e. The van der Waals surface area contributed by atoms with Crippen molar-refractivity contribution in [3.63, 3.8) is 0 Å². The number of thioether (sulfide) groups is 1. The number of nitrogens with one attached hydrogen (secondary N) is 1. The van der Waals surface area contributed by atoms with Gasteiger partial charge < -0.3 is 0 Å². The molecule has 0 unspecified atom stereocenters. The predicted molar refractivity (Wildman–Crippen MR) is 86.1 cm³/mol. The second kappa shape index (κ2) is 6.83. The van der Waals surface area contributed by atoms with E-state index in [0.717, 1.165) is 5.56 Å². The summed E-state index contributed by atoms with van der Waals surface area (Å²) >= 11 is 7.54. The molecule has 5 nitrogen and oxygen atoms in total. The Morgan fingerprint density at radius 1 is 1.48 bits per heavy atom. The molecule has 0 radical (unpaired) electrons. The summed E-state index contributed by atoms with van der Waals surface area (Å²) in [5.41, 5.74) is 0.990. The predicted octanol–water partition coefficient (Wildman–Crippen LogP) is 2.46. The summed E-state index contributed by atoms with van der Waals surface area (Å²) in [5, 5.41) is 4.51. The van der Waals surface area contributed by atoms with Crippen LogP contribution < -0.4 is 4.72 Å². The fraction of sp³-hybridized carbons (Fsp3) is 0.308. The zero-order chi connectivity index (χ0) is 15.5. The van der Waals surface area contributed by atoms with Crippen molar-refractivity contribution in [3.8, 4) is 0 Å². The first kappa shape index (κ1) is 16.4. The second-order valence-electron chi connectivity index (χ2n) is 4.48. The van der Waals surface area contributed by atoms with Crippen LogP contribution in [0.25, 0.3) is 0 Å². The van der Waals surface area contributed by atoms with E-state index in [0.29, 0.717) is 11.6 Å². The van der Waals surface area contributed by atoms with Crippen LogP contribution in [-0.4, -0.2) is 31.0 Å². The number of rotatable bonds is 6. The molecule has 0 bridgehead atoms. The van der Waals surface area contributed by atoms with Gasteiger partial charge in [-0.3, -0.25) is 4.68 Å². The third kappa shape index (κ3) is 4.23. The van der Waals surface area contributed by atoms with Gasteiger partial charge >= 0.3 is 0 Å². The van der Waals surface area contributed by atoms with Crippen LogP contribution in [0.4, 0.5) is 0 Å². The van der Waals surface area contributed by atoms with Gasteiger partial charge in [-0.25, -0.2) is 13.1 Å². The number of halogens is 1. The summed E-state index contributed by atoms with van der Waals surface area (Å²) in [7, 11) is -1.87. The molecule has 2 rings (SSSR count). The van der Waals surface area contributed by atoms with Crippen molar-refractivity contribution in [2.45, 2.75) is 10.1 Å². The molecular weight excluding hydrogens is 330 g/mol. The highest BCUT2D eigenvalue weighted by Crippen LogP contribution is 2.28. The van der Waals surface area contributed by atoms with Gasteiger partial charge in [0.25, 0.3) is 0 Å². The van der Waals surface area contributed by atoms with Gasteiger partial charge in [0.1, 0.15) is 4.90 Å². The molecule has 0 fully saturated rings. The van der Waals surface area contributed by atoms with Gasteiger partial charge in [0.2, 0.25) is 10.0 Å². The SMILES string of the molecule is CS[C@@H](CNS(=O)(=O)c1cnn(C)c1)c1cccc(Cl)c1. The number of benzene rings is 1. The monoisotopic (exact) mass is 345 g/mol. The van der Waals surface area contributed by atoms with Gasteiger partial charge in [-0.15, -0.1) is 0 Å². The molecule has 114 valence electrons. The van der Waals surface area contributed by atoms with Gasteiger partial charge in [-0.1, -0.05) is 23.7 Å². The maximum absolute atomic E-state index is 12.2. The Kier molecular flexibility index (Phi) is 5.32. The molecule has 0 saturated carbocycles. The lowest BCUT2D eigenvalue weighted by atomic mass is 10.1. The summed E-state index contributed by atoms with van der Waals surface area (Å²) in [6.07, 6.45) is 4.73. The van der Waals surface area contributed by atoms with E-state index in [1.165, 1.54) is 17.1 Å². The first-order valence-corrected chi connectivity index (χ1v) is 9.34. The largest absolute Gasteiger partial charge is 0.274 e. The maximum atomic E-state index is 12.2. The van der Waals surface area contributed by atoms with Crippen molar-refractivity contribution in [2.75, 3.05) is 12.8 Å². The van der Waals surface area contributed by atoms with Crippen molar-refractivity contribution < 1.29 is 8.42 Å². The molecule has 1 aromatic heterocycles. The highest BCUT2D eigenvalue weighted by atomic mass is 35.5. The van der Waals surface area contributed by atoms with Gasteiger partial charge in [-0.05, 0) is 24.0 Å². The molecule has 1 aromatic carbocycles. The Morgan fingerprint density at radius 3 is 2.81 bits per heavy atom. The van der Waals surface area contributed by atoms with Gasteiger partial charge in [0, 0.05) is 30.1 Å². The lowest BCUT2D eigenvalue weighted by molar-refractivity contribution is 0.581. The summed E-state index contributed by atoms with van der Waals surface area (Å²) < 4.78 is 28.4. The Bertz CT molecular complexity index is 716. The highest BCUT2D eigenvalue weighted by Gasteiger charge is 2.19. The van der Waals surface area contributed by atoms with Gasteiger partial charge in [0.05, 0.1) is 6.20 Å². The number of aromatic nitrogens is 2. The summed E-state index contributed by atoms with van der Waals surface area (Å²) in [6, 6.07) is 7.44. The third-order valence-electron chi connectivity index (χ3n) is 2.96. The average Bonchev–Trinajstić information content (AvgIpc) is 2.87. The van der Waals surface area contributed by atoms with Crippen molar-refractivity contribution in [1.82, 2.24) is 14.5 Å². The van der Waals surface area contributed by atoms with Crippen LogP contribution >= 0.6 is 23.4 Å². The van der Waals surface area contributed by atoms with E-state index >= 15 is 0 Å². The van der Waals surface area contributed by atoms with E-state index in [4.69, 9.17) is 11.6 Å². The number of hydrogen-bond donors (Lipinski definition) is 1. The molecular formula is C13H16ClN3O2S2. The molecule has 21 heavy (non-hydrogen) atoms. The van der Waals surface area contributed by atoms with Crippen LogP contribution in [0, 0.1) is 0 Å². The Morgan fingerprint density at radius 2 is 2.24 bits per heavy atom. The van der Waals surface area contributed by atoms with E-state index in [1.807, 2.05) is 24.5 Å². The second-order valence-corrected chi connectivity index (χ2v) is 7.72. The van der Waals surface area contributed by atoms with Crippen LogP contribution in [0.15, 0.2) is 41.6 Å². The highest BCUT2D eigenvalue weighted by molar-refractivity contribution is 7.98. The van der Waals surface area contributed by atoms with E-state index in [9.17, 15) is 8.42 Å². The minimum Gasteiger partial charge on any atom is -0.274 e. The zero-order valence-corrected chi connectivity index (χ0v) is 14.0. The standard InChI is InChI=1S/C13H16ClN3O2S2/c1-17-9-12(7-15-17)21(18,19)16-8-13(20-2)10-4-3-5-11(14)6-10/h3-7,9,13,16H,8H2,1-2H3/t13-/m0/s1. The molecule has 1 atom stereocenters. The smallest absolute Gasteiger partial charge is 0.243 e. The molecule has 0 aliphatic rings. The van der Waals surface area contributed by atoms with E-state index in [-0.39, 0.29) is 10.1 Å². The van der Waals surface area contributed by atoms with Crippen molar-refractivity contribution >= 4 is 33.4 Å². The van der Waals surface area contributed by atoms with Crippen molar-refractivity contribution in [3.05, 3.63) is 47.2 Å². The van der Waals surface area contributed by atoms with Gasteiger partial charge in [0.15, 0.2) is 0 Å². The minimum absolute atomic E-state index is 0.00449. The van der Waals surface area contributed by atoms with E-state index in [1.54, 1.807) is 24.9 Å². The number of hydrogen-bond acceptors (Lipinski definition) is 4. The lowest BCUT2D eigenvalue weighted by Gasteiger charge is -2.15.